The van der Waals surface area contributed by atoms with Crippen molar-refractivity contribution in [2.75, 3.05) is 13.1 Å². The van der Waals surface area contributed by atoms with E-state index in [1.807, 2.05) is 24.3 Å². The summed E-state index contributed by atoms with van der Waals surface area (Å²) in [6.45, 7) is 0.148. The number of benzene rings is 1. The minimum Gasteiger partial charge on any atom is -0.308 e. The van der Waals surface area contributed by atoms with Crippen molar-refractivity contribution in [2.45, 2.75) is 25.2 Å². The van der Waals surface area contributed by atoms with Crippen LogP contribution in [0.4, 0.5) is 13.2 Å². The monoisotopic (exact) mass is 244 g/mol. The predicted molar refractivity (Wildman–Crippen MR) is 59.7 cm³/mol. The van der Waals surface area contributed by atoms with Gasteiger partial charge in [-0.1, -0.05) is 24.3 Å². The van der Waals surface area contributed by atoms with Crippen molar-refractivity contribution in [3.8, 4) is 0 Å². The number of alkyl halides is 3. The third-order valence-electron chi connectivity index (χ3n) is 2.88. The normalized spacial score (nSPS) is 20.1. The highest BCUT2D eigenvalue weighted by Gasteiger charge is 2.27. The molecule has 94 valence electrons. The standard InChI is InChI=1S/C12H15F3N2/c13-12(14,15)8-16-7-11-5-9-3-1-2-4-10(9)6-17-11/h1-4,11,16-17H,5-8H2/t11-/m1/s1. The van der Waals surface area contributed by atoms with Crippen LogP contribution < -0.4 is 10.6 Å². The summed E-state index contributed by atoms with van der Waals surface area (Å²) in [6.07, 6.45) is -3.35. The molecule has 0 spiro atoms. The first kappa shape index (κ1) is 12.4. The lowest BCUT2D eigenvalue weighted by Gasteiger charge is -2.26. The zero-order chi connectivity index (χ0) is 12.3. The van der Waals surface area contributed by atoms with Crippen molar-refractivity contribution in [3.63, 3.8) is 0 Å². The number of hydrogen-bond acceptors (Lipinski definition) is 2. The Kier molecular flexibility index (Phi) is 3.69. The maximum absolute atomic E-state index is 12.0. The molecule has 0 fully saturated rings. The van der Waals surface area contributed by atoms with Gasteiger partial charge in [0.05, 0.1) is 6.54 Å². The van der Waals surface area contributed by atoms with Crippen molar-refractivity contribution >= 4 is 0 Å². The number of halogens is 3. The number of fused-ring (bicyclic) bond motifs is 1. The van der Waals surface area contributed by atoms with E-state index in [9.17, 15) is 13.2 Å². The van der Waals surface area contributed by atoms with E-state index >= 15 is 0 Å². The molecule has 0 amide bonds. The molecule has 1 aliphatic rings. The lowest BCUT2D eigenvalue weighted by Crippen LogP contribution is -2.44. The van der Waals surface area contributed by atoms with Crippen LogP contribution in [0.1, 0.15) is 11.1 Å². The summed E-state index contributed by atoms with van der Waals surface area (Å²) in [7, 11) is 0. The van der Waals surface area contributed by atoms with E-state index in [1.54, 1.807) is 0 Å². The molecule has 0 saturated carbocycles. The largest absolute Gasteiger partial charge is 0.401 e. The van der Waals surface area contributed by atoms with Crippen molar-refractivity contribution in [1.82, 2.24) is 10.6 Å². The lowest BCUT2D eigenvalue weighted by molar-refractivity contribution is -0.124. The van der Waals surface area contributed by atoms with Gasteiger partial charge in [-0.3, -0.25) is 0 Å². The summed E-state index contributed by atoms with van der Waals surface area (Å²) >= 11 is 0. The van der Waals surface area contributed by atoms with Crippen LogP contribution in [-0.4, -0.2) is 25.3 Å². The maximum Gasteiger partial charge on any atom is 0.401 e. The fraction of sp³-hybridized carbons (Fsp3) is 0.500. The van der Waals surface area contributed by atoms with Crippen LogP contribution in [0.25, 0.3) is 0 Å². The topological polar surface area (TPSA) is 24.1 Å². The molecule has 17 heavy (non-hydrogen) atoms. The summed E-state index contributed by atoms with van der Waals surface area (Å²) in [5.74, 6) is 0. The first-order valence-electron chi connectivity index (χ1n) is 5.62. The Morgan fingerprint density at radius 3 is 2.65 bits per heavy atom. The molecular weight excluding hydrogens is 229 g/mol. The van der Waals surface area contributed by atoms with Crippen molar-refractivity contribution in [3.05, 3.63) is 35.4 Å². The number of rotatable bonds is 3. The molecule has 2 nitrogen and oxygen atoms in total. The molecule has 0 radical (unpaired) electrons. The highest BCUT2D eigenvalue weighted by Crippen LogP contribution is 2.16. The van der Waals surface area contributed by atoms with E-state index in [0.717, 1.165) is 13.0 Å². The quantitative estimate of drug-likeness (QED) is 0.848. The predicted octanol–water partition coefficient (Wildman–Crippen LogP) is 1.85. The van der Waals surface area contributed by atoms with Gasteiger partial charge in [-0.25, -0.2) is 0 Å². The van der Waals surface area contributed by atoms with Gasteiger partial charge < -0.3 is 10.6 Å². The van der Waals surface area contributed by atoms with E-state index in [1.165, 1.54) is 11.1 Å². The molecule has 1 atom stereocenters. The molecular formula is C12H15F3N2. The van der Waals surface area contributed by atoms with Crippen molar-refractivity contribution < 1.29 is 13.2 Å². The molecule has 1 aromatic rings. The summed E-state index contributed by atoms with van der Waals surface area (Å²) in [4.78, 5) is 0. The molecule has 0 bridgehead atoms. The Labute approximate surface area is 98.2 Å². The van der Waals surface area contributed by atoms with Gasteiger partial charge in [-0.2, -0.15) is 13.2 Å². The Balaban J connectivity index is 1.82. The summed E-state index contributed by atoms with van der Waals surface area (Å²) in [5, 5.41) is 5.67. The fourth-order valence-corrected chi connectivity index (χ4v) is 2.05. The Morgan fingerprint density at radius 2 is 1.94 bits per heavy atom. The molecule has 0 aromatic heterocycles. The van der Waals surface area contributed by atoms with Gasteiger partial charge in [0.25, 0.3) is 0 Å². The van der Waals surface area contributed by atoms with Crippen molar-refractivity contribution in [2.24, 2.45) is 0 Å². The summed E-state index contributed by atoms with van der Waals surface area (Å²) in [5.41, 5.74) is 2.46. The fourth-order valence-electron chi connectivity index (χ4n) is 2.05. The summed E-state index contributed by atoms with van der Waals surface area (Å²) in [6, 6.07) is 8.09. The van der Waals surface area contributed by atoms with Crippen LogP contribution in [0.3, 0.4) is 0 Å². The van der Waals surface area contributed by atoms with Gasteiger partial charge in [0.15, 0.2) is 0 Å². The minimum atomic E-state index is -4.13. The van der Waals surface area contributed by atoms with Crippen LogP contribution in [0.2, 0.25) is 0 Å². The van der Waals surface area contributed by atoms with Gasteiger partial charge >= 0.3 is 6.18 Å². The SMILES string of the molecule is FC(F)(F)CNC[C@H]1Cc2ccccc2CN1. The Hall–Kier alpha value is -1.07. The second-order valence-electron chi connectivity index (χ2n) is 4.30. The average molecular weight is 244 g/mol. The average Bonchev–Trinajstić information content (AvgIpc) is 2.27. The highest BCUT2D eigenvalue weighted by atomic mass is 19.4. The van der Waals surface area contributed by atoms with Gasteiger partial charge in [-0.15, -0.1) is 0 Å². The van der Waals surface area contributed by atoms with Crippen LogP contribution in [0, 0.1) is 0 Å². The Morgan fingerprint density at radius 1 is 1.24 bits per heavy atom. The first-order chi connectivity index (χ1) is 8.04. The smallest absolute Gasteiger partial charge is 0.308 e. The van der Waals surface area contributed by atoms with Crippen LogP contribution in [0.5, 0.6) is 0 Å². The van der Waals surface area contributed by atoms with Crippen LogP contribution in [0.15, 0.2) is 24.3 Å². The van der Waals surface area contributed by atoms with Gasteiger partial charge in [-0.05, 0) is 17.5 Å². The molecule has 1 aliphatic heterocycles. The molecule has 0 aliphatic carbocycles. The third kappa shape index (κ3) is 3.71. The first-order valence-corrected chi connectivity index (χ1v) is 5.62. The minimum absolute atomic E-state index is 0.0762. The number of hydrogen-bond donors (Lipinski definition) is 2. The van der Waals surface area contributed by atoms with Gasteiger partial charge in [0.1, 0.15) is 0 Å². The highest BCUT2D eigenvalue weighted by molar-refractivity contribution is 5.29. The zero-order valence-corrected chi connectivity index (χ0v) is 9.35. The number of nitrogens with one attached hydrogen (secondary N) is 2. The molecule has 1 aromatic carbocycles. The van der Waals surface area contributed by atoms with E-state index in [0.29, 0.717) is 6.54 Å². The molecule has 0 unspecified atom stereocenters. The van der Waals surface area contributed by atoms with Gasteiger partial charge in [0.2, 0.25) is 0 Å². The molecule has 5 heteroatoms. The van der Waals surface area contributed by atoms with Crippen molar-refractivity contribution in [1.29, 1.82) is 0 Å². The van der Waals surface area contributed by atoms with Crippen LogP contribution in [-0.2, 0) is 13.0 Å². The Bertz CT molecular complexity index is 376. The van der Waals surface area contributed by atoms with Crippen LogP contribution >= 0.6 is 0 Å². The maximum atomic E-state index is 12.0. The van der Waals surface area contributed by atoms with E-state index in [-0.39, 0.29) is 6.04 Å². The zero-order valence-electron chi connectivity index (χ0n) is 9.35. The summed E-state index contributed by atoms with van der Waals surface area (Å²) < 4.78 is 35.9. The third-order valence-corrected chi connectivity index (χ3v) is 2.88. The van der Waals surface area contributed by atoms with E-state index < -0.39 is 12.7 Å². The second-order valence-corrected chi connectivity index (χ2v) is 4.30. The van der Waals surface area contributed by atoms with E-state index in [2.05, 4.69) is 10.6 Å². The molecule has 2 N–H and O–H groups in total. The molecule has 2 rings (SSSR count). The molecule has 0 saturated heterocycles. The second kappa shape index (κ2) is 5.06. The lowest BCUT2D eigenvalue weighted by atomic mass is 9.96. The molecule has 1 heterocycles. The van der Waals surface area contributed by atoms with E-state index in [4.69, 9.17) is 0 Å². The van der Waals surface area contributed by atoms with Gasteiger partial charge in [0, 0.05) is 19.1 Å².